The maximum atomic E-state index is 13.3. The highest BCUT2D eigenvalue weighted by Crippen LogP contribution is 2.26. The van der Waals surface area contributed by atoms with Crippen LogP contribution in [0.15, 0.2) is 48.5 Å². The Labute approximate surface area is 112 Å². The van der Waals surface area contributed by atoms with Crippen molar-refractivity contribution in [1.29, 1.82) is 0 Å². The molecule has 3 heteroatoms. The molecule has 1 heterocycles. The average Bonchev–Trinajstić information content (AvgIpc) is 2.39. The van der Waals surface area contributed by atoms with Crippen molar-refractivity contribution in [2.45, 2.75) is 19.1 Å². The first-order chi connectivity index (χ1) is 9.22. The third-order valence-electron chi connectivity index (χ3n) is 3.60. The van der Waals surface area contributed by atoms with Crippen molar-refractivity contribution in [2.75, 3.05) is 6.54 Å². The molecular formula is C16H17FN2. The molecule has 0 aromatic heterocycles. The summed E-state index contributed by atoms with van der Waals surface area (Å²) in [5.74, 6) is -0.187. The van der Waals surface area contributed by atoms with Crippen molar-refractivity contribution in [3.8, 4) is 0 Å². The molecule has 0 fully saturated rings. The van der Waals surface area contributed by atoms with E-state index in [0.29, 0.717) is 0 Å². The highest BCUT2D eigenvalue weighted by atomic mass is 19.1. The highest BCUT2D eigenvalue weighted by Gasteiger charge is 2.22. The molecule has 0 spiro atoms. The second kappa shape index (κ2) is 5.11. The van der Waals surface area contributed by atoms with Crippen molar-refractivity contribution < 1.29 is 4.39 Å². The third kappa shape index (κ3) is 2.67. The summed E-state index contributed by atoms with van der Waals surface area (Å²) in [6.07, 6.45) is 0. The van der Waals surface area contributed by atoms with Gasteiger partial charge >= 0.3 is 0 Å². The van der Waals surface area contributed by atoms with Gasteiger partial charge in [0.05, 0.1) is 0 Å². The number of benzene rings is 2. The van der Waals surface area contributed by atoms with Gasteiger partial charge in [-0.05, 0) is 28.8 Å². The van der Waals surface area contributed by atoms with E-state index in [1.165, 1.54) is 11.6 Å². The predicted octanol–water partition coefficient (Wildman–Crippen LogP) is 2.84. The van der Waals surface area contributed by atoms with Gasteiger partial charge in [-0.3, -0.25) is 4.90 Å². The van der Waals surface area contributed by atoms with Gasteiger partial charge in [0.15, 0.2) is 0 Å². The van der Waals surface area contributed by atoms with Gasteiger partial charge in [-0.15, -0.1) is 0 Å². The molecule has 1 unspecified atom stereocenters. The third-order valence-corrected chi connectivity index (χ3v) is 3.60. The van der Waals surface area contributed by atoms with Crippen LogP contribution in [-0.2, 0) is 13.1 Å². The van der Waals surface area contributed by atoms with Gasteiger partial charge in [-0.2, -0.15) is 0 Å². The molecule has 3 rings (SSSR count). The number of halogens is 1. The van der Waals surface area contributed by atoms with Crippen molar-refractivity contribution in [3.05, 3.63) is 71.0 Å². The number of hydrogen-bond donors (Lipinski definition) is 1. The van der Waals surface area contributed by atoms with Crippen LogP contribution in [-0.4, -0.2) is 11.4 Å². The zero-order valence-electron chi connectivity index (χ0n) is 10.7. The van der Waals surface area contributed by atoms with Crippen LogP contribution in [0, 0.1) is 5.82 Å². The fraction of sp³-hybridized carbons (Fsp3) is 0.250. The molecule has 2 N–H and O–H groups in total. The Morgan fingerprint density at radius 2 is 1.95 bits per heavy atom. The number of rotatable bonds is 2. The Kier molecular flexibility index (Phi) is 3.32. The van der Waals surface area contributed by atoms with Crippen LogP contribution in [0.3, 0.4) is 0 Å². The van der Waals surface area contributed by atoms with Gasteiger partial charge in [0.25, 0.3) is 0 Å². The summed E-state index contributed by atoms with van der Waals surface area (Å²) >= 11 is 0. The van der Waals surface area contributed by atoms with Crippen molar-refractivity contribution in [1.82, 2.24) is 4.90 Å². The Bertz CT molecular complexity index is 568. The molecule has 2 nitrogen and oxygen atoms in total. The molecule has 0 bridgehead atoms. The molecule has 1 atom stereocenters. The van der Waals surface area contributed by atoms with Gasteiger partial charge in [0.1, 0.15) is 5.82 Å². The van der Waals surface area contributed by atoms with E-state index in [2.05, 4.69) is 17.0 Å². The van der Waals surface area contributed by atoms with Crippen LogP contribution in [0.5, 0.6) is 0 Å². The van der Waals surface area contributed by atoms with Crippen LogP contribution >= 0.6 is 0 Å². The topological polar surface area (TPSA) is 29.3 Å². The number of nitrogens with two attached hydrogens (primary N) is 1. The summed E-state index contributed by atoms with van der Waals surface area (Å²) in [5, 5.41) is 0. The molecule has 0 amide bonds. The largest absolute Gasteiger partial charge is 0.323 e. The molecule has 1 aliphatic rings. The van der Waals surface area contributed by atoms with Gasteiger partial charge < -0.3 is 5.73 Å². The van der Waals surface area contributed by atoms with Crippen LogP contribution < -0.4 is 5.73 Å². The Balaban J connectivity index is 1.81. The fourth-order valence-corrected chi connectivity index (χ4v) is 2.72. The minimum atomic E-state index is -0.187. The van der Waals surface area contributed by atoms with E-state index in [1.807, 2.05) is 24.3 Å². The van der Waals surface area contributed by atoms with Crippen molar-refractivity contribution >= 4 is 0 Å². The second-order valence-corrected chi connectivity index (χ2v) is 5.10. The lowest BCUT2D eigenvalue weighted by Crippen LogP contribution is -2.36. The van der Waals surface area contributed by atoms with Crippen LogP contribution in [0.25, 0.3) is 0 Å². The van der Waals surface area contributed by atoms with E-state index in [0.717, 1.165) is 30.8 Å². The first kappa shape index (κ1) is 12.3. The molecule has 0 saturated heterocycles. The first-order valence-electron chi connectivity index (χ1n) is 6.52. The number of hydrogen-bond acceptors (Lipinski definition) is 2. The second-order valence-electron chi connectivity index (χ2n) is 5.10. The minimum Gasteiger partial charge on any atom is -0.323 e. The summed E-state index contributed by atoms with van der Waals surface area (Å²) in [4.78, 5) is 2.27. The molecule has 98 valence electrons. The number of fused-ring (bicyclic) bond motifs is 1. The van der Waals surface area contributed by atoms with Gasteiger partial charge in [-0.1, -0.05) is 36.4 Å². The summed E-state index contributed by atoms with van der Waals surface area (Å²) in [5.41, 5.74) is 9.52. The lowest BCUT2D eigenvalue weighted by molar-refractivity contribution is 0.222. The molecule has 2 aromatic carbocycles. The monoisotopic (exact) mass is 256 g/mol. The van der Waals surface area contributed by atoms with Crippen LogP contribution in [0.1, 0.15) is 22.7 Å². The van der Waals surface area contributed by atoms with E-state index in [1.54, 1.807) is 6.07 Å². The minimum absolute atomic E-state index is 0.0342. The zero-order valence-corrected chi connectivity index (χ0v) is 10.7. The van der Waals surface area contributed by atoms with E-state index < -0.39 is 0 Å². The van der Waals surface area contributed by atoms with Gasteiger partial charge in [0, 0.05) is 25.7 Å². The van der Waals surface area contributed by atoms with Gasteiger partial charge in [-0.25, -0.2) is 4.39 Å². The molecule has 0 saturated carbocycles. The summed E-state index contributed by atoms with van der Waals surface area (Å²) in [7, 11) is 0. The fourth-order valence-electron chi connectivity index (χ4n) is 2.72. The lowest BCUT2D eigenvalue weighted by atomic mass is 9.95. The summed E-state index contributed by atoms with van der Waals surface area (Å²) < 4.78 is 13.3. The van der Waals surface area contributed by atoms with Crippen molar-refractivity contribution in [2.24, 2.45) is 5.73 Å². The maximum absolute atomic E-state index is 13.3. The van der Waals surface area contributed by atoms with E-state index in [4.69, 9.17) is 5.73 Å². The van der Waals surface area contributed by atoms with E-state index in [9.17, 15) is 4.39 Å². The SMILES string of the molecule is NC1CN(Cc2ccccc2)Cc2cc(F)ccc21. The maximum Gasteiger partial charge on any atom is 0.123 e. The quantitative estimate of drug-likeness (QED) is 0.895. The molecule has 2 aromatic rings. The Hall–Kier alpha value is -1.71. The molecular weight excluding hydrogens is 239 g/mol. The molecule has 0 aliphatic carbocycles. The van der Waals surface area contributed by atoms with E-state index in [-0.39, 0.29) is 11.9 Å². The summed E-state index contributed by atoms with van der Waals surface area (Å²) in [6, 6.07) is 15.2. The van der Waals surface area contributed by atoms with E-state index >= 15 is 0 Å². The molecule has 0 radical (unpaired) electrons. The normalized spacial score (nSPS) is 19.2. The smallest absolute Gasteiger partial charge is 0.123 e. The van der Waals surface area contributed by atoms with Crippen molar-refractivity contribution in [3.63, 3.8) is 0 Å². The predicted molar refractivity (Wildman–Crippen MR) is 73.9 cm³/mol. The highest BCUT2D eigenvalue weighted by molar-refractivity contribution is 5.33. The van der Waals surface area contributed by atoms with Gasteiger partial charge in [0.2, 0.25) is 0 Å². The number of nitrogens with zero attached hydrogens (tertiary/aromatic N) is 1. The zero-order chi connectivity index (χ0) is 13.2. The van der Waals surface area contributed by atoms with Crippen LogP contribution in [0.2, 0.25) is 0 Å². The standard InChI is InChI=1S/C16H17FN2/c17-14-6-7-15-13(8-14)10-19(11-16(15)18)9-12-4-2-1-3-5-12/h1-8,16H,9-11,18H2. The Morgan fingerprint density at radius 1 is 1.16 bits per heavy atom. The molecule has 1 aliphatic heterocycles. The average molecular weight is 256 g/mol. The Morgan fingerprint density at radius 3 is 2.74 bits per heavy atom. The lowest BCUT2D eigenvalue weighted by Gasteiger charge is -2.32. The summed E-state index contributed by atoms with van der Waals surface area (Å²) in [6.45, 7) is 2.42. The first-order valence-corrected chi connectivity index (χ1v) is 6.52. The van der Waals surface area contributed by atoms with Crippen LogP contribution in [0.4, 0.5) is 4.39 Å². The molecule has 19 heavy (non-hydrogen) atoms.